The summed E-state index contributed by atoms with van der Waals surface area (Å²) >= 11 is 0. The summed E-state index contributed by atoms with van der Waals surface area (Å²) in [6.07, 6.45) is 4.87. The molecule has 1 amide bonds. The molecule has 7 heteroatoms. The smallest absolute Gasteiger partial charge is 0.255 e. The van der Waals surface area contributed by atoms with Crippen LogP contribution in [0.25, 0.3) is 0 Å². The van der Waals surface area contributed by atoms with Gasteiger partial charge in [0.15, 0.2) is 0 Å². The maximum atomic E-state index is 12.8. The molecule has 1 aromatic heterocycles. The van der Waals surface area contributed by atoms with Crippen molar-refractivity contribution < 1.29 is 13.2 Å². The molecule has 0 atom stereocenters. The number of pyridine rings is 1. The van der Waals surface area contributed by atoms with Crippen LogP contribution in [0.15, 0.2) is 53.7 Å². The van der Waals surface area contributed by atoms with Crippen molar-refractivity contribution in [2.45, 2.75) is 24.7 Å². The van der Waals surface area contributed by atoms with Crippen molar-refractivity contribution >= 4 is 21.6 Å². The topological polar surface area (TPSA) is 79.4 Å². The summed E-state index contributed by atoms with van der Waals surface area (Å²) in [5.74, 6) is 0.181. The molecule has 0 saturated carbocycles. The Morgan fingerprint density at radius 3 is 2.64 bits per heavy atom. The van der Waals surface area contributed by atoms with Crippen LogP contribution in [0.4, 0.5) is 5.69 Å². The van der Waals surface area contributed by atoms with Crippen LogP contribution in [-0.4, -0.2) is 36.7 Å². The fraction of sp³-hybridized carbons (Fsp3) is 0.333. The third-order valence-electron chi connectivity index (χ3n) is 4.40. The molecule has 0 bridgehead atoms. The van der Waals surface area contributed by atoms with Gasteiger partial charge in [0.05, 0.1) is 16.8 Å². The van der Waals surface area contributed by atoms with E-state index in [4.69, 9.17) is 0 Å². The highest BCUT2D eigenvalue weighted by Gasteiger charge is 2.28. The van der Waals surface area contributed by atoms with Gasteiger partial charge in [-0.05, 0) is 49.1 Å². The quantitative estimate of drug-likeness (QED) is 0.910. The lowest BCUT2D eigenvalue weighted by Gasteiger charge is -2.29. The third kappa shape index (κ3) is 4.05. The van der Waals surface area contributed by atoms with E-state index >= 15 is 0 Å². The first-order chi connectivity index (χ1) is 12.0. The first-order valence-corrected chi connectivity index (χ1v) is 9.72. The van der Waals surface area contributed by atoms with Gasteiger partial charge in [0.1, 0.15) is 0 Å². The second-order valence-electron chi connectivity index (χ2n) is 6.31. The normalized spacial score (nSPS) is 16.5. The summed E-state index contributed by atoms with van der Waals surface area (Å²) in [5, 5.41) is 2.71. The monoisotopic (exact) mass is 359 g/mol. The Hall–Kier alpha value is -2.25. The summed E-state index contributed by atoms with van der Waals surface area (Å²) in [5.41, 5.74) is 0.862. The van der Waals surface area contributed by atoms with Crippen molar-refractivity contribution in [2.75, 3.05) is 18.4 Å². The van der Waals surface area contributed by atoms with Crippen LogP contribution in [0.5, 0.6) is 0 Å². The predicted molar refractivity (Wildman–Crippen MR) is 95.8 cm³/mol. The van der Waals surface area contributed by atoms with E-state index in [1.54, 1.807) is 30.5 Å². The fourth-order valence-corrected chi connectivity index (χ4v) is 4.33. The van der Waals surface area contributed by atoms with Crippen LogP contribution in [0.3, 0.4) is 0 Å². The first kappa shape index (κ1) is 17.6. The molecular formula is C18H21N3O3S. The van der Waals surface area contributed by atoms with Gasteiger partial charge < -0.3 is 5.32 Å². The average molecular weight is 359 g/mol. The third-order valence-corrected chi connectivity index (χ3v) is 6.29. The molecule has 25 heavy (non-hydrogen) atoms. The number of carbonyl (C=O) groups is 1. The van der Waals surface area contributed by atoms with Gasteiger partial charge in [-0.2, -0.15) is 4.31 Å². The van der Waals surface area contributed by atoms with Crippen LogP contribution in [0.2, 0.25) is 0 Å². The average Bonchev–Trinajstić information content (AvgIpc) is 2.63. The minimum Gasteiger partial charge on any atom is -0.321 e. The van der Waals surface area contributed by atoms with Crippen LogP contribution in [0, 0.1) is 5.92 Å². The number of rotatable bonds is 4. The number of carbonyl (C=O) groups excluding carboxylic acids is 1. The zero-order valence-electron chi connectivity index (χ0n) is 14.1. The zero-order valence-corrected chi connectivity index (χ0v) is 14.9. The minimum absolute atomic E-state index is 0.154. The maximum Gasteiger partial charge on any atom is 0.255 e. The lowest BCUT2D eigenvalue weighted by Crippen LogP contribution is -2.37. The van der Waals surface area contributed by atoms with Crippen molar-refractivity contribution in [3.63, 3.8) is 0 Å². The van der Waals surface area contributed by atoms with Gasteiger partial charge >= 0.3 is 0 Å². The zero-order chi connectivity index (χ0) is 17.9. The lowest BCUT2D eigenvalue weighted by atomic mass is 10.0. The van der Waals surface area contributed by atoms with Crippen LogP contribution in [0.1, 0.15) is 30.1 Å². The van der Waals surface area contributed by atoms with E-state index in [-0.39, 0.29) is 10.8 Å². The van der Waals surface area contributed by atoms with Gasteiger partial charge in [-0.3, -0.25) is 9.78 Å². The fourth-order valence-electron chi connectivity index (χ4n) is 2.81. The molecule has 0 spiro atoms. The maximum absolute atomic E-state index is 12.8. The molecular weight excluding hydrogens is 338 g/mol. The molecule has 0 aliphatic carbocycles. The van der Waals surface area contributed by atoms with E-state index in [1.165, 1.54) is 22.6 Å². The van der Waals surface area contributed by atoms with Crippen molar-refractivity contribution in [3.8, 4) is 0 Å². The number of aromatic nitrogens is 1. The standard InChI is InChI=1S/C18H21N3O3S/c1-14-7-10-21(11-8-14)25(23,24)17-6-2-4-15(12-17)18(22)20-16-5-3-9-19-13-16/h2-6,9,12-14H,7-8,10-11H2,1H3,(H,20,22). The Kier molecular flexibility index (Phi) is 5.15. The number of nitrogens with one attached hydrogen (secondary N) is 1. The van der Waals surface area contributed by atoms with Gasteiger partial charge in [-0.15, -0.1) is 0 Å². The van der Waals surface area contributed by atoms with Gasteiger partial charge in [0.25, 0.3) is 5.91 Å². The number of hydrogen-bond donors (Lipinski definition) is 1. The SMILES string of the molecule is CC1CCN(S(=O)(=O)c2cccc(C(=O)Nc3cccnc3)c2)CC1. The number of hydrogen-bond acceptors (Lipinski definition) is 4. The number of amides is 1. The molecule has 1 N–H and O–H groups in total. The van der Waals surface area contributed by atoms with E-state index in [9.17, 15) is 13.2 Å². The van der Waals surface area contributed by atoms with Gasteiger partial charge in [0, 0.05) is 24.8 Å². The summed E-state index contributed by atoms with van der Waals surface area (Å²) in [6.45, 7) is 3.18. The molecule has 1 aliphatic rings. The molecule has 3 rings (SSSR count). The number of sulfonamides is 1. The van der Waals surface area contributed by atoms with E-state index in [1.807, 2.05) is 0 Å². The second-order valence-corrected chi connectivity index (χ2v) is 8.25. The molecule has 1 aliphatic heterocycles. The minimum atomic E-state index is -3.57. The number of piperidine rings is 1. The molecule has 0 unspecified atom stereocenters. The summed E-state index contributed by atoms with van der Waals surface area (Å²) in [6, 6.07) is 9.60. The molecule has 132 valence electrons. The van der Waals surface area contributed by atoms with Gasteiger partial charge in [-0.1, -0.05) is 13.0 Å². The van der Waals surface area contributed by atoms with Crippen molar-refractivity contribution in [2.24, 2.45) is 5.92 Å². The lowest BCUT2D eigenvalue weighted by molar-refractivity contribution is 0.102. The van der Waals surface area contributed by atoms with E-state index < -0.39 is 10.0 Å². The predicted octanol–water partition coefficient (Wildman–Crippen LogP) is 2.75. The van der Waals surface area contributed by atoms with Crippen molar-refractivity contribution in [1.82, 2.24) is 9.29 Å². The number of anilines is 1. The van der Waals surface area contributed by atoms with Gasteiger partial charge in [-0.25, -0.2) is 8.42 Å². The van der Waals surface area contributed by atoms with E-state index in [2.05, 4.69) is 17.2 Å². The number of nitrogens with zero attached hydrogens (tertiary/aromatic N) is 2. The molecule has 2 aromatic rings. The Bertz CT molecular complexity index is 845. The summed E-state index contributed by atoms with van der Waals surface area (Å²) in [4.78, 5) is 16.5. The highest BCUT2D eigenvalue weighted by molar-refractivity contribution is 7.89. The molecule has 2 heterocycles. The Morgan fingerprint density at radius 1 is 1.20 bits per heavy atom. The molecule has 1 saturated heterocycles. The van der Waals surface area contributed by atoms with Crippen molar-refractivity contribution in [3.05, 3.63) is 54.4 Å². The first-order valence-electron chi connectivity index (χ1n) is 8.28. The van der Waals surface area contributed by atoms with Crippen LogP contribution < -0.4 is 5.32 Å². The largest absolute Gasteiger partial charge is 0.321 e. The van der Waals surface area contributed by atoms with Crippen molar-refractivity contribution in [1.29, 1.82) is 0 Å². The highest BCUT2D eigenvalue weighted by Crippen LogP contribution is 2.24. The Morgan fingerprint density at radius 2 is 1.96 bits per heavy atom. The van der Waals surface area contributed by atoms with E-state index in [0.717, 1.165) is 12.8 Å². The van der Waals surface area contributed by atoms with Crippen LogP contribution >= 0.6 is 0 Å². The molecule has 1 aromatic carbocycles. The molecule has 6 nitrogen and oxygen atoms in total. The molecule has 1 fully saturated rings. The Labute approximate surface area is 147 Å². The summed E-state index contributed by atoms with van der Waals surface area (Å²) in [7, 11) is -3.57. The highest BCUT2D eigenvalue weighted by atomic mass is 32.2. The summed E-state index contributed by atoms with van der Waals surface area (Å²) < 4.78 is 27.1. The van der Waals surface area contributed by atoms with E-state index in [0.29, 0.717) is 30.3 Å². The second kappa shape index (κ2) is 7.33. The van der Waals surface area contributed by atoms with Crippen LogP contribution in [-0.2, 0) is 10.0 Å². The van der Waals surface area contributed by atoms with Gasteiger partial charge in [0.2, 0.25) is 10.0 Å². The molecule has 0 radical (unpaired) electrons. The number of benzene rings is 1. The Balaban J connectivity index is 1.80.